The van der Waals surface area contributed by atoms with Gasteiger partial charge in [0.05, 0.1) is 12.5 Å². The van der Waals surface area contributed by atoms with Crippen LogP contribution in [0.25, 0.3) is 0 Å². The van der Waals surface area contributed by atoms with E-state index in [0.29, 0.717) is 5.57 Å². The molecule has 2 N–H and O–H groups in total. The molecule has 0 unspecified atom stereocenters. The number of allylic oxidation sites excluding steroid dienone is 2. The minimum Gasteiger partial charge on any atom is -0.386 e. The molecule has 0 fully saturated rings. The summed E-state index contributed by atoms with van der Waals surface area (Å²) in [4.78, 5) is 0. The van der Waals surface area contributed by atoms with E-state index in [2.05, 4.69) is 0 Å². The van der Waals surface area contributed by atoms with Crippen LogP contribution >= 0.6 is 0 Å². The lowest BCUT2D eigenvalue weighted by atomic mass is 9.97. The van der Waals surface area contributed by atoms with Crippen molar-refractivity contribution in [2.24, 2.45) is 0 Å². The second-order valence-corrected chi connectivity index (χ2v) is 2.40. The first-order valence-corrected chi connectivity index (χ1v) is 3.36. The van der Waals surface area contributed by atoms with Gasteiger partial charge in [-0.1, -0.05) is 18.2 Å². The number of aliphatic hydroxyl groups is 2. The zero-order valence-electron chi connectivity index (χ0n) is 5.94. The molecular weight excluding hydrogens is 142 g/mol. The van der Waals surface area contributed by atoms with E-state index < -0.39 is 12.2 Å². The molecule has 0 bridgehead atoms. The Morgan fingerprint density at radius 3 is 2.91 bits per heavy atom. The van der Waals surface area contributed by atoms with Gasteiger partial charge in [-0.25, -0.2) is 0 Å². The molecule has 3 nitrogen and oxygen atoms in total. The zero-order chi connectivity index (χ0) is 8.27. The number of nitriles is 1. The normalized spacial score (nSPS) is 29.4. The fraction of sp³-hybridized carbons (Fsp3) is 0.375. The molecule has 0 aromatic rings. The Kier molecular flexibility index (Phi) is 2.42. The highest BCUT2D eigenvalue weighted by Crippen LogP contribution is 2.15. The highest BCUT2D eigenvalue weighted by Gasteiger charge is 2.19. The number of hydrogen-bond donors (Lipinski definition) is 2. The predicted molar refractivity (Wildman–Crippen MR) is 39.5 cm³/mol. The second kappa shape index (κ2) is 3.33. The van der Waals surface area contributed by atoms with Crippen LogP contribution in [0.5, 0.6) is 0 Å². The Morgan fingerprint density at radius 1 is 1.55 bits per heavy atom. The zero-order valence-corrected chi connectivity index (χ0v) is 5.94. The fourth-order valence-corrected chi connectivity index (χ4v) is 0.971. The van der Waals surface area contributed by atoms with Gasteiger partial charge in [0.1, 0.15) is 12.2 Å². The van der Waals surface area contributed by atoms with Crippen molar-refractivity contribution in [3.63, 3.8) is 0 Å². The van der Waals surface area contributed by atoms with Crippen molar-refractivity contribution in [3.05, 3.63) is 23.8 Å². The van der Waals surface area contributed by atoms with Crippen molar-refractivity contribution in [1.82, 2.24) is 0 Å². The van der Waals surface area contributed by atoms with Crippen molar-refractivity contribution < 1.29 is 10.2 Å². The Hall–Kier alpha value is -1.11. The maximum Gasteiger partial charge on any atom is 0.106 e. The van der Waals surface area contributed by atoms with Crippen LogP contribution in [-0.4, -0.2) is 22.4 Å². The number of aliphatic hydroxyl groups excluding tert-OH is 2. The first-order chi connectivity index (χ1) is 5.25. The van der Waals surface area contributed by atoms with Gasteiger partial charge in [0.15, 0.2) is 0 Å². The molecule has 0 aromatic heterocycles. The summed E-state index contributed by atoms with van der Waals surface area (Å²) in [5.74, 6) is 0. The topological polar surface area (TPSA) is 64.2 Å². The number of nitrogens with zero attached hydrogens (tertiary/aromatic N) is 1. The summed E-state index contributed by atoms with van der Waals surface area (Å²) < 4.78 is 0. The molecular formula is C8H9NO2. The predicted octanol–water partition coefficient (Wildman–Crippen LogP) is 0.118. The van der Waals surface area contributed by atoms with Crippen LogP contribution in [0.2, 0.25) is 0 Å². The van der Waals surface area contributed by atoms with Gasteiger partial charge >= 0.3 is 0 Å². The van der Waals surface area contributed by atoms with E-state index in [1.807, 2.05) is 6.07 Å². The van der Waals surface area contributed by atoms with Gasteiger partial charge < -0.3 is 10.2 Å². The lowest BCUT2D eigenvalue weighted by Gasteiger charge is -2.18. The minimum atomic E-state index is -0.903. The molecule has 0 saturated heterocycles. The molecule has 1 aliphatic carbocycles. The van der Waals surface area contributed by atoms with Crippen LogP contribution in [0.15, 0.2) is 23.8 Å². The first kappa shape index (κ1) is 7.99. The summed E-state index contributed by atoms with van der Waals surface area (Å²) in [5.41, 5.74) is 0.572. The molecule has 1 aliphatic rings. The molecule has 0 aromatic carbocycles. The molecule has 0 radical (unpaired) electrons. The average molecular weight is 151 g/mol. The van der Waals surface area contributed by atoms with Gasteiger partial charge in [0.25, 0.3) is 0 Å². The van der Waals surface area contributed by atoms with Crippen LogP contribution in [-0.2, 0) is 0 Å². The van der Waals surface area contributed by atoms with Gasteiger partial charge in [-0.3, -0.25) is 0 Å². The SMILES string of the molecule is N#CCC1=CC=C[C@H](O)[C@@H]1O. The van der Waals surface area contributed by atoms with Gasteiger partial charge in [-0.15, -0.1) is 0 Å². The summed E-state index contributed by atoms with van der Waals surface area (Å²) in [6.07, 6.45) is 3.20. The third-order valence-corrected chi connectivity index (χ3v) is 1.61. The van der Waals surface area contributed by atoms with Crippen LogP contribution in [0.3, 0.4) is 0 Å². The molecule has 11 heavy (non-hydrogen) atoms. The van der Waals surface area contributed by atoms with Crippen LogP contribution in [0, 0.1) is 11.3 Å². The summed E-state index contributed by atoms with van der Waals surface area (Å²) in [6, 6.07) is 1.92. The lowest BCUT2D eigenvalue weighted by Crippen LogP contribution is -2.27. The monoisotopic (exact) mass is 151 g/mol. The highest BCUT2D eigenvalue weighted by molar-refractivity contribution is 5.27. The van der Waals surface area contributed by atoms with E-state index in [1.54, 1.807) is 12.2 Å². The Bertz CT molecular complexity index is 237. The lowest BCUT2D eigenvalue weighted by molar-refractivity contribution is 0.0704. The van der Waals surface area contributed by atoms with Crippen molar-refractivity contribution in [2.75, 3.05) is 0 Å². The van der Waals surface area contributed by atoms with E-state index in [9.17, 15) is 5.11 Å². The second-order valence-electron chi connectivity index (χ2n) is 2.40. The fourth-order valence-electron chi connectivity index (χ4n) is 0.971. The summed E-state index contributed by atoms with van der Waals surface area (Å²) in [5, 5.41) is 26.7. The summed E-state index contributed by atoms with van der Waals surface area (Å²) in [6.45, 7) is 0. The molecule has 3 heteroatoms. The maximum absolute atomic E-state index is 9.25. The highest BCUT2D eigenvalue weighted by atomic mass is 16.3. The van der Waals surface area contributed by atoms with Crippen LogP contribution in [0.1, 0.15) is 6.42 Å². The van der Waals surface area contributed by atoms with Crippen molar-refractivity contribution in [2.45, 2.75) is 18.6 Å². The van der Waals surface area contributed by atoms with Gasteiger partial charge in [0.2, 0.25) is 0 Å². The summed E-state index contributed by atoms with van der Waals surface area (Å²) >= 11 is 0. The first-order valence-electron chi connectivity index (χ1n) is 3.36. The van der Waals surface area contributed by atoms with Crippen LogP contribution in [0.4, 0.5) is 0 Å². The smallest absolute Gasteiger partial charge is 0.106 e. The molecule has 2 atom stereocenters. The standard InChI is InChI=1S/C8H9NO2/c9-5-4-6-2-1-3-7(10)8(6)11/h1-3,7-8,10-11H,4H2/t7-,8+/m0/s1. The third-order valence-electron chi connectivity index (χ3n) is 1.61. The Labute approximate surface area is 64.9 Å². The molecule has 0 spiro atoms. The van der Waals surface area contributed by atoms with Gasteiger partial charge in [0, 0.05) is 0 Å². The van der Waals surface area contributed by atoms with E-state index >= 15 is 0 Å². The maximum atomic E-state index is 9.25. The number of hydrogen-bond acceptors (Lipinski definition) is 3. The van der Waals surface area contributed by atoms with Gasteiger partial charge in [-0.2, -0.15) is 5.26 Å². The minimum absolute atomic E-state index is 0.169. The molecule has 0 saturated carbocycles. The molecule has 0 amide bonds. The van der Waals surface area contributed by atoms with Crippen molar-refractivity contribution in [1.29, 1.82) is 5.26 Å². The molecule has 1 rings (SSSR count). The Balaban J connectivity index is 2.72. The third kappa shape index (κ3) is 1.67. The molecule has 58 valence electrons. The van der Waals surface area contributed by atoms with E-state index in [0.717, 1.165) is 0 Å². The van der Waals surface area contributed by atoms with Crippen molar-refractivity contribution >= 4 is 0 Å². The van der Waals surface area contributed by atoms with E-state index in [-0.39, 0.29) is 6.42 Å². The largest absolute Gasteiger partial charge is 0.386 e. The van der Waals surface area contributed by atoms with E-state index in [1.165, 1.54) is 6.08 Å². The van der Waals surface area contributed by atoms with E-state index in [4.69, 9.17) is 10.4 Å². The van der Waals surface area contributed by atoms with Crippen molar-refractivity contribution in [3.8, 4) is 6.07 Å². The number of rotatable bonds is 1. The average Bonchev–Trinajstić information content (AvgIpc) is 1.99. The molecule has 0 aliphatic heterocycles. The quantitative estimate of drug-likeness (QED) is 0.559. The molecule has 0 heterocycles. The van der Waals surface area contributed by atoms with Gasteiger partial charge in [-0.05, 0) is 5.57 Å². The summed E-state index contributed by atoms with van der Waals surface area (Å²) in [7, 11) is 0. The van der Waals surface area contributed by atoms with Crippen LogP contribution < -0.4 is 0 Å². The Morgan fingerprint density at radius 2 is 2.27 bits per heavy atom.